The van der Waals surface area contributed by atoms with Crippen molar-refractivity contribution in [2.45, 2.75) is 39.2 Å². The minimum absolute atomic E-state index is 0.425. The van der Waals surface area contributed by atoms with Gasteiger partial charge in [0, 0.05) is 13.6 Å². The molecule has 1 aromatic heterocycles. The quantitative estimate of drug-likeness (QED) is 0.418. The van der Waals surface area contributed by atoms with Gasteiger partial charge in [-0.2, -0.15) is 5.10 Å². The van der Waals surface area contributed by atoms with E-state index in [2.05, 4.69) is 27.3 Å². The molecule has 0 spiro atoms. The summed E-state index contributed by atoms with van der Waals surface area (Å²) in [5.74, 6) is 1.15. The lowest BCUT2D eigenvalue weighted by Crippen LogP contribution is -2.32. The lowest BCUT2D eigenvalue weighted by atomic mass is 10.2. The second-order valence-corrected chi connectivity index (χ2v) is 4.02. The van der Waals surface area contributed by atoms with E-state index in [1.54, 1.807) is 11.0 Å². The average molecular weight is 238 g/mol. The molecule has 1 rings (SSSR count). The molecule has 3 N–H and O–H groups in total. The Kier molecular flexibility index (Phi) is 6.06. The maximum absolute atomic E-state index is 5.72. The van der Waals surface area contributed by atoms with Gasteiger partial charge in [-0.15, -0.1) is 0 Å². The maximum Gasteiger partial charge on any atom is 0.189 e. The number of aliphatic imine (C=N–C) groups is 1. The van der Waals surface area contributed by atoms with Gasteiger partial charge in [-0.05, 0) is 6.42 Å². The smallest absolute Gasteiger partial charge is 0.189 e. The molecule has 0 amide bonds. The molecule has 0 saturated heterocycles. The molecule has 0 atom stereocenters. The van der Waals surface area contributed by atoms with Crippen molar-refractivity contribution in [2.24, 2.45) is 17.8 Å². The molecule has 0 saturated carbocycles. The summed E-state index contributed by atoms with van der Waals surface area (Å²) in [4.78, 5) is 8.24. The Hall–Kier alpha value is -1.59. The molecule has 6 heteroatoms. The van der Waals surface area contributed by atoms with Crippen LogP contribution in [-0.4, -0.2) is 27.3 Å². The van der Waals surface area contributed by atoms with Crippen molar-refractivity contribution in [1.29, 1.82) is 0 Å². The molecule has 1 aromatic rings. The summed E-state index contributed by atoms with van der Waals surface area (Å²) in [6.07, 6.45) is 6.54. The molecule has 0 aliphatic heterocycles. The van der Waals surface area contributed by atoms with E-state index >= 15 is 0 Å². The van der Waals surface area contributed by atoms with Crippen molar-refractivity contribution in [1.82, 2.24) is 20.1 Å². The lowest BCUT2D eigenvalue weighted by molar-refractivity contribution is 0.652. The van der Waals surface area contributed by atoms with Crippen molar-refractivity contribution in [3.05, 3.63) is 12.2 Å². The molecule has 1 heterocycles. The summed E-state index contributed by atoms with van der Waals surface area (Å²) in [5.41, 5.74) is 5.72. The average Bonchev–Trinajstić information content (AvgIpc) is 2.72. The van der Waals surface area contributed by atoms with Crippen molar-refractivity contribution >= 4 is 5.96 Å². The van der Waals surface area contributed by atoms with Crippen molar-refractivity contribution in [3.63, 3.8) is 0 Å². The number of hydrogen-bond donors (Lipinski definition) is 2. The Labute approximate surface area is 102 Å². The van der Waals surface area contributed by atoms with Crippen LogP contribution >= 0.6 is 0 Å². The Morgan fingerprint density at radius 1 is 1.47 bits per heavy atom. The number of hydrogen-bond acceptors (Lipinski definition) is 3. The first-order valence-electron chi connectivity index (χ1n) is 6.10. The van der Waals surface area contributed by atoms with Crippen molar-refractivity contribution < 1.29 is 0 Å². The largest absolute Gasteiger partial charge is 0.370 e. The molecule has 0 unspecified atom stereocenters. The topological polar surface area (TPSA) is 81.1 Å². The van der Waals surface area contributed by atoms with Crippen molar-refractivity contribution in [2.75, 3.05) is 6.54 Å². The number of nitrogens with zero attached hydrogens (tertiary/aromatic N) is 4. The van der Waals surface area contributed by atoms with Gasteiger partial charge in [0.25, 0.3) is 0 Å². The molecule has 0 aromatic carbocycles. The SMILES string of the molecule is CCCCCCNC(N)=NCc1ncn(C)n1. The van der Waals surface area contributed by atoms with Crippen molar-refractivity contribution in [3.8, 4) is 0 Å². The van der Waals surface area contributed by atoms with E-state index < -0.39 is 0 Å². The highest BCUT2D eigenvalue weighted by Crippen LogP contribution is 1.96. The number of rotatable bonds is 7. The van der Waals surface area contributed by atoms with Gasteiger partial charge < -0.3 is 11.1 Å². The van der Waals surface area contributed by atoms with E-state index in [0.717, 1.165) is 13.0 Å². The van der Waals surface area contributed by atoms with Gasteiger partial charge in [0.05, 0.1) is 0 Å². The molecular weight excluding hydrogens is 216 g/mol. The lowest BCUT2D eigenvalue weighted by Gasteiger charge is -2.04. The first-order valence-corrected chi connectivity index (χ1v) is 6.10. The molecular formula is C11H22N6. The monoisotopic (exact) mass is 238 g/mol. The van der Waals surface area contributed by atoms with E-state index in [-0.39, 0.29) is 0 Å². The number of aromatic nitrogens is 3. The molecule has 0 radical (unpaired) electrons. The molecule has 0 bridgehead atoms. The van der Waals surface area contributed by atoms with Gasteiger partial charge in [0.15, 0.2) is 11.8 Å². The number of aryl methyl sites for hydroxylation is 1. The normalized spacial score (nSPS) is 11.8. The molecule has 0 aliphatic carbocycles. The fourth-order valence-corrected chi connectivity index (χ4v) is 1.44. The van der Waals surface area contributed by atoms with Gasteiger partial charge in [0.1, 0.15) is 12.9 Å². The van der Waals surface area contributed by atoms with Gasteiger partial charge in [-0.25, -0.2) is 9.98 Å². The summed E-state index contributed by atoms with van der Waals surface area (Å²) in [7, 11) is 1.83. The summed E-state index contributed by atoms with van der Waals surface area (Å²) >= 11 is 0. The van der Waals surface area contributed by atoms with Crippen LogP contribution in [0.15, 0.2) is 11.3 Å². The Balaban J connectivity index is 2.16. The molecule has 6 nitrogen and oxygen atoms in total. The minimum atomic E-state index is 0.425. The van der Waals surface area contributed by atoms with Crippen LogP contribution in [0, 0.1) is 0 Å². The summed E-state index contributed by atoms with van der Waals surface area (Å²) in [6, 6.07) is 0. The van der Waals surface area contributed by atoms with Gasteiger partial charge in [0.2, 0.25) is 0 Å². The number of nitrogens with two attached hydrogens (primary N) is 1. The summed E-state index contributed by atoms with van der Waals surface area (Å²) in [5, 5.41) is 7.20. The van der Waals surface area contributed by atoms with Gasteiger partial charge >= 0.3 is 0 Å². The maximum atomic E-state index is 5.72. The van der Waals surface area contributed by atoms with Crippen LogP contribution in [0.2, 0.25) is 0 Å². The zero-order valence-electron chi connectivity index (χ0n) is 10.7. The summed E-state index contributed by atoms with van der Waals surface area (Å²) in [6.45, 7) is 3.50. The summed E-state index contributed by atoms with van der Waals surface area (Å²) < 4.78 is 1.65. The number of guanidine groups is 1. The van der Waals surface area contributed by atoms with E-state index in [0.29, 0.717) is 18.3 Å². The predicted molar refractivity (Wildman–Crippen MR) is 68.5 cm³/mol. The third-order valence-electron chi connectivity index (χ3n) is 2.37. The zero-order chi connectivity index (χ0) is 12.5. The molecule has 96 valence electrons. The highest BCUT2D eigenvalue weighted by Gasteiger charge is 1.97. The second kappa shape index (κ2) is 7.65. The Bertz CT molecular complexity index is 343. The molecule has 17 heavy (non-hydrogen) atoms. The van der Waals surface area contributed by atoms with Crippen LogP contribution in [0.3, 0.4) is 0 Å². The Morgan fingerprint density at radius 3 is 2.94 bits per heavy atom. The highest BCUT2D eigenvalue weighted by atomic mass is 15.3. The number of unbranched alkanes of at least 4 members (excludes halogenated alkanes) is 3. The second-order valence-electron chi connectivity index (χ2n) is 4.02. The van der Waals surface area contributed by atoms with Crippen LogP contribution < -0.4 is 11.1 Å². The van der Waals surface area contributed by atoms with Crippen LogP contribution in [0.5, 0.6) is 0 Å². The predicted octanol–water partition coefficient (Wildman–Crippen LogP) is 0.800. The fraction of sp³-hybridized carbons (Fsp3) is 0.727. The van der Waals surface area contributed by atoms with Crippen LogP contribution in [0.25, 0.3) is 0 Å². The highest BCUT2D eigenvalue weighted by molar-refractivity contribution is 5.77. The van der Waals surface area contributed by atoms with Gasteiger partial charge in [-0.3, -0.25) is 4.68 Å². The minimum Gasteiger partial charge on any atom is -0.370 e. The first-order chi connectivity index (χ1) is 8.22. The van der Waals surface area contributed by atoms with E-state index in [1.807, 2.05) is 7.05 Å². The van der Waals surface area contributed by atoms with Crippen LogP contribution in [0.4, 0.5) is 0 Å². The number of nitrogens with one attached hydrogen (secondary N) is 1. The third-order valence-corrected chi connectivity index (χ3v) is 2.37. The van der Waals surface area contributed by atoms with E-state index in [1.165, 1.54) is 19.3 Å². The third kappa shape index (κ3) is 5.89. The Morgan fingerprint density at radius 2 is 2.29 bits per heavy atom. The van der Waals surface area contributed by atoms with Crippen LogP contribution in [0.1, 0.15) is 38.4 Å². The van der Waals surface area contributed by atoms with E-state index in [4.69, 9.17) is 5.73 Å². The first kappa shape index (κ1) is 13.5. The van der Waals surface area contributed by atoms with Gasteiger partial charge in [-0.1, -0.05) is 26.2 Å². The standard InChI is InChI=1S/C11H22N6/c1-3-4-5-6-7-13-11(12)14-8-10-15-9-17(2)16-10/h9H,3-8H2,1-2H3,(H3,12,13,14). The van der Waals surface area contributed by atoms with E-state index in [9.17, 15) is 0 Å². The van der Waals surface area contributed by atoms with Crippen LogP contribution in [-0.2, 0) is 13.6 Å². The molecule has 0 aliphatic rings. The zero-order valence-corrected chi connectivity index (χ0v) is 10.7. The fourth-order valence-electron chi connectivity index (χ4n) is 1.44. The molecule has 0 fully saturated rings.